The van der Waals surface area contributed by atoms with Gasteiger partial charge in [-0.3, -0.25) is 4.79 Å². The third kappa shape index (κ3) is 3.71. The van der Waals surface area contributed by atoms with Gasteiger partial charge in [0.05, 0.1) is 5.39 Å². The van der Waals surface area contributed by atoms with Gasteiger partial charge in [0.2, 0.25) is 5.71 Å². The molecule has 0 saturated heterocycles. The predicted octanol–water partition coefficient (Wildman–Crippen LogP) is 6.04. The second-order valence-electron chi connectivity index (χ2n) is 7.46. The molecule has 132 valence electrons. The van der Waals surface area contributed by atoms with Gasteiger partial charge >= 0.3 is 0 Å². The Morgan fingerprint density at radius 3 is 2.56 bits per heavy atom. The second-order valence-corrected chi connectivity index (χ2v) is 7.46. The minimum Gasteiger partial charge on any atom is -0.447 e. The zero-order chi connectivity index (χ0) is 17.9. The Morgan fingerprint density at radius 1 is 1.08 bits per heavy atom. The molecule has 0 spiro atoms. The quantitative estimate of drug-likeness (QED) is 0.534. The van der Waals surface area contributed by atoms with E-state index in [4.69, 9.17) is 4.42 Å². The third-order valence-corrected chi connectivity index (χ3v) is 5.03. The molecular weight excluding hydrogens is 310 g/mol. The number of pyridine rings is 1. The van der Waals surface area contributed by atoms with E-state index in [1.165, 1.54) is 25.7 Å². The van der Waals surface area contributed by atoms with Crippen LogP contribution in [0, 0.1) is 0 Å². The number of furan rings is 1. The molecule has 0 unspecified atom stereocenters. The lowest BCUT2D eigenvalue weighted by Gasteiger charge is -2.24. The van der Waals surface area contributed by atoms with Crippen LogP contribution in [0.2, 0.25) is 0 Å². The van der Waals surface area contributed by atoms with Gasteiger partial charge in [0.15, 0.2) is 5.43 Å². The Balaban J connectivity index is 1.94. The van der Waals surface area contributed by atoms with E-state index in [1.807, 2.05) is 30.3 Å². The Hall–Kier alpha value is -2.29. The molecule has 1 aromatic carbocycles. The monoisotopic (exact) mass is 337 g/mol. The van der Waals surface area contributed by atoms with Crippen molar-refractivity contribution in [3.05, 3.63) is 58.6 Å². The molecule has 3 nitrogen and oxygen atoms in total. The molecule has 0 saturated carbocycles. The van der Waals surface area contributed by atoms with Crippen molar-refractivity contribution < 1.29 is 4.42 Å². The SMILES string of the molecule is CCCCCCC(C)(C)c1cc(=O)c2c(-c3ccccc3)coc2[nH]1. The molecule has 0 amide bonds. The van der Waals surface area contributed by atoms with Gasteiger partial charge in [0.25, 0.3) is 0 Å². The van der Waals surface area contributed by atoms with Gasteiger partial charge in [-0.2, -0.15) is 0 Å². The highest BCUT2D eigenvalue weighted by Crippen LogP contribution is 2.31. The fraction of sp³-hybridized carbons (Fsp3) is 0.409. The van der Waals surface area contributed by atoms with Crippen molar-refractivity contribution in [3.8, 4) is 11.1 Å². The summed E-state index contributed by atoms with van der Waals surface area (Å²) in [5, 5.41) is 0.636. The van der Waals surface area contributed by atoms with Crippen molar-refractivity contribution in [2.45, 2.75) is 58.3 Å². The largest absolute Gasteiger partial charge is 0.447 e. The molecule has 0 bridgehead atoms. The maximum absolute atomic E-state index is 12.8. The van der Waals surface area contributed by atoms with Gasteiger partial charge in [-0.05, 0) is 12.0 Å². The first-order chi connectivity index (χ1) is 12.0. The molecule has 0 aliphatic carbocycles. The normalized spacial score (nSPS) is 12.0. The summed E-state index contributed by atoms with van der Waals surface area (Å²) >= 11 is 0. The van der Waals surface area contributed by atoms with Crippen LogP contribution in [0.5, 0.6) is 0 Å². The minimum absolute atomic E-state index is 0.0259. The molecule has 0 radical (unpaired) electrons. The van der Waals surface area contributed by atoms with Crippen molar-refractivity contribution in [1.82, 2.24) is 4.98 Å². The van der Waals surface area contributed by atoms with E-state index in [0.29, 0.717) is 11.1 Å². The zero-order valence-corrected chi connectivity index (χ0v) is 15.4. The number of rotatable bonds is 7. The summed E-state index contributed by atoms with van der Waals surface area (Å²) in [6, 6.07) is 11.6. The van der Waals surface area contributed by atoms with Crippen LogP contribution >= 0.6 is 0 Å². The van der Waals surface area contributed by atoms with Crippen LogP contribution in [0.3, 0.4) is 0 Å². The number of aromatic nitrogens is 1. The number of unbranched alkanes of at least 4 members (excludes halogenated alkanes) is 3. The molecule has 3 heteroatoms. The molecule has 0 fully saturated rings. The predicted molar refractivity (Wildman–Crippen MR) is 104 cm³/mol. The van der Waals surface area contributed by atoms with Gasteiger partial charge in [-0.1, -0.05) is 76.8 Å². The smallest absolute Gasteiger partial charge is 0.208 e. The number of hydrogen-bond donors (Lipinski definition) is 1. The van der Waals surface area contributed by atoms with Gasteiger partial charge in [-0.15, -0.1) is 0 Å². The zero-order valence-electron chi connectivity index (χ0n) is 15.4. The molecule has 0 aliphatic rings. The molecule has 3 aromatic rings. The average Bonchev–Trinajstić information content (AvgIpc) is 3.04. The first-order valence-corrected chi connectivity index (χ1v) is 9.23. The standard InChI is InChI=1S/C22H27NO2/c1-4-5-6-10-13-22(2,3)19-14-18(24)20-17(15-25-21(20)23-19)16-11-8-7-9-12-16/h7-9,11-12,14-15H,4-6,10,13H2,1-3H3,(H,23,24). The van der Waals surface area contributed by atoms with E-state index in [0.717, 1.165) is 23.2 Å². The highest BCUT2D eigenvalue weighted by Gasteiger charge is 2.23. The number of benzene rings is 1. The molecule has 0 aliphatic heterocycles. The van der Waals surface area contributed by atoms with Crippen LogP contribution < -0.4 is 5.43 Å². The van der Waals surface area contributed by atoms with Gasteiger partial charge in [0, 0.05) is 22.7 Å². The topological polar surface area (TPSA) is 46.0 Å². The lowest BCUT2D eigenvalue weighted by atomic mass is 9.83. The lowest BCUT2D eigenvalue weighted by molar-refractivity contribution is 0.434. The Morgan fingerprint density at radius 2 is 1.84 bits per heavy atom. The Bertz CT molecular complexity index is 887. The first kappa shape index (κ1) is 17.5. The van der Waals surface area contributed by atoms with Gasteiger partial charge in [0.1, 0.15) is 6.26 Å². The molecule has 3 rings (SSSR count). The summed E-state index contributed by atoms with van der Waals surface area (Å²) in [6.07, 6.45) is 7.65. The molecule has 2 aromatic heterocycles. The Labute approximate surface area is 149 Å². The van der Waals surface area contributed by atoms with Crippen LogP contribution in [0.25, 0.3) is 22.2 Å². The maximum Gasteiger partial charge on any atom is 0.208 e. The third-order valence-electron chi connectivity index (χ3n) is 5.03. The summed E-state index contributed by atoms with van der Waals surface area (Å²) in [5.41, 5.74) is 3.33. The summed E-state index contributed by atoms with van der Waals surface area (Å²) in [7, 11) is 0. The van der Waals surface area contributed by atoms with Crippen molar-refractivity contribution in [2.75, 3.05) is 0 Å². The molecular formula is C22H27NO2. The summed E-state index contributed by atoms with van der Waals surface area (Å²) in [6.45, 7) is 6.60. The number of fused-ring (bicyclic) bond motifs is 1. The fourth-order valence-corrected chi connectivity index (χ4v) is 3.38. The summed E-state index contributed by atoms with van der Waals surface area (Å²) in [4.78, 5) is 16.2. The van der Waals surface area contributed by atoms with E-state index in [1.54, 1.807) is 12.3 Å². The highest BCUT2D eigenvalue weighted by atomic mass is 16.3. The average molecular weight is 337 g/mol. The fourth-order valence-electron chi connectivity index (χ4n) is 3.38. The number of H-pyrrole nitrogens is 1. The van der Waals surface area contributed by atoms with E-state index in [9.17, 15) is 4.79 Å². The molecule has 1 N–H and O–H groups in total. The van der Waals surface area contributed by atoms with Crippen molar-refractivity contribution in [2.24, 2.45) is 0 Å². The first-order valence-electron chi connectivity index (χ1n) is 9.23. The number of aromatic amines is 1. The maximum atomic E-state index is 12.8. The molecule has 2 heterocycles. The molecule has 25 heavy (non-hydrogen) atoms. The van der Waals surface area contributed by atoms with Crippen LogP contribution in [0.4, 0.5) is 0 Å². The van der Waals surface area contributed by atoms with E-state index < -0.39 is 0 Å². The lowest BCUT2D eigenvalue weighted by Crippen LogP contribution is -2.21. The minimum atomic E-state index is -0.0687. The van der Waals surface area contributed by atoms with Crippen LogP contribution in [-0.4, -0.2) is 4.98 Å². The van der Waals surface area contributed by atoms with Crippen LogP contribution in [0.15, 0.2) is 51.9 Å². The van der Waals surface area contributed by atoms with E-state index in [-0.39, 0.29) is 10.8 Å². The van der Waals surface area contributed by atoms with Crippen molar-refractivity contribution >= 4 is 11.1 Å². The van der Waals surface area contributed by atoms with E-state index >= 15 is 0 Å². The van der Waals surface area contributed by atoms with Crippen LogP contribution in [-0.2, 0) is 5.41 Å². The summed E-state index contributed by atoms with van der Waals surface area (Å²) < 4.78 is 5.71. The van der Waals surface area contributed by atoms with Crippen molar-refractivity contribution in [1.29, 1.82) is 0 Å². The van der Waals surface area contributed by atoms with E-state index in [2.05, 4.69) is 25.8 Å². The van der Waals surface area contributed by atoms with Crippen molar-refractivity contribution in [3.63, 3.8) is 0 Å². The highest BCUT2D eigenvalue weighted by molar-refractivity contribution is 5.91. The summed E-state index contributed by atoms with van der Waals surface area (Å²) in [5.74, 6) is 0. The number of hydrogen-bond acceptors (Lipinski definition) is 2. The van der Waals surface area contributed by atoms with Gasteiger partial charge in [-0.25, -0.2) is 0 Å². The Kier molecular flexibility index (Phi) is 5.12. The molecule has 0 atom stereocenters. The number of nitrogens with one attached hydrogen (secondary N) is 1. The second kappa shape index (κ2) is 7.30. The van der Waals surface area contributed by atoms with Gasteiger partial charge < -0.3 is 9.40 Å². The van der Waals surface area contributed by atoms with Crippen LogP contribution in [0.1, 0.15) is 58.6 Å².